The minimum atomic E-state index is -0.272. The van der Waals surface area contributed by atoms with Gasteiger partial charge in [-0.05, 0) is 42.5 Å². The molecule has 1 aromatic heterocycles. The van der Waals surface area contributed by atoms with Crippen LogP contribution >= 0.6 is 23.2 Å². The van der Waals surface area contributed by atoms with E-state index in [4.69, 9.17) is 33.4 Å². The average molecular weight is 306 g/mol. The van der Waals surface area contributed by atoms with Crippen LogP contribution in [0.3, 0.4) is 0 Å². The fourth-order valence-corrected chi connectivity index (χ4v) is 2.44. The first kappa shape index (κ1) is 13.0. The van der Waals surface area contributed by atoms with Crippen molar-refractivity contribution in [3.8, 4) is 0 Å². The molecule has 0 aliphatic heterocycles. The lowest BCUT2D eigenvalue weighted by atomic mass is 10.1. The van der Waals surface area contributed by atoms with Crippen molar-refractivity contribution in [1.82, 2.24) is 0 Å². The molecule has 20 heavy (non-hydrogen) atoms. The maximum absolute atomic E-state index is 12.4. The molecule has 0 bridgehead atoms. The maximum atomic E-state index is 12.4. The zero-order valence-corrected chi connectivity index (χ0v) is 11.7. The Hall–Kier alpha value is -1.97. The fraction of sp³-hybridized carbons (Fsp3) is 0. The second kappa shape index (κ2) is 4.85. The standard InChI is InChI=1S/C15H9Cl2NO2/c16-10-1-2-13-8(3-10)6-14(20-13)15(19)9-4-11(17)7-12(18)5-9/h1-7H,18H2. The molecule has 2 N–H and O–H groups in total. The molecule has 3 nitrogen and oxygen atoms in total. The summed E-state index contributed by atoms with van der Waals surface area (Å²) in [7, 11) is 0. The van der Waals surface area contributed by atoms with E-state index in [9.17, 15) is 4.79 Å². The van der Waals surface area contributed by atoms with Crippen LogP contribution < -0.4 is 5.73 Å². The quantitative estimate of drug-likeness (QED) is 0.558. The molecule has 0 aliphatic rings. The van der Waals surface area contributed by atoms with Crippen LogP contribution in [0.5, 0.6) is 0 Å². The van der Waals surface area contributed by atoms with Crippen LogP contribution in [-0.4, -0.2) is 5.78 Å². The van der Waals surface area contributed by atoms with Crippen molar-refractivity contribution in [2.24, 2.45) is 0 Å². The molecule has 2 aromatic carbocycles. The predicted octanol–water partition coefficient (Wildman–Crippen LogP) is 4.55. The van der Waals surface area contributed by atoms with Crippen molar-refractivity contribution < 1.29 is 9.21 Å². The van der Waals surface area contributed by atoms with Crippen LogP contribution in [-0.2, 0) is 0 Å². The molecule has 1 heterocycles. The summed E-state index contributed by atoms with van der Waals surface area (Å²) < 4.78 is 5.53. The highest BCUT2D eigenvalue weighted by Gasteiger charge is 2.15. The number of fused-ring (bicyclic) bond motifs is 1. The maximum Gasteiger partial charge on any atom is 0.228 e. The molecule has 0 amide bonds. The Morgan fingerprint density at radius 2 is 1.80 bits per heavy atom. The van der Waals surface area contributed by atoms with Crippen LogP contribution in [0.4, 0.5) is 5.69 Å². The number of hydrogen-bond donors (Lipinski definition) is 1. The van der Waals surface area contributed by atoms with Crippen molar-refractivity contribution in [1.29, 1.82) is 0 Å². The zero-order valence-electron chi connectivity index (χ0n) is 10.2. The van der Waals surface area contributed by atoms with Crippen LogP contribution in [0.1, 0.15) is 16.1 Å². The summed E-state index contributed by atoms with van der Waals surface area (Å²) in [6, 6.07) is 11.5. The Morgan fingerprint density at radius 3 is 2.55 bits per heavy atom. The average Bonchev–Trinajstić information content (AvgIpc) is 2.79. The van der Waals surface area contributed by atoms with Gasteiger partial charge in [0.2, 0.25) is 5.78 Å². The first-order chi connectivity index (χ1) is 9.52. The van der Waals surface area contributed by atoms with Gasteiger partial charge in [-0.3, -0.25) is 4.79 Å². The molecule has 0 atom stereocenters. The summed E-state index contributed by atoms with van der Waals surface area (Å²) in [6.07, 6.45) is 0. The van der Waals surface area contributed by atoms with Crippen LogP contribution in [0.2, 0.25) is 10.0 Å². The highest BCUT2D eigenvalue weighted by Crippen LogP contribution is 2.26. The number of benzene rings is 2. The van der Waals surface area contributed by atoms with Gasteiger partial charge in [-0.1, -0.05) is 23.2 Å². The van der Waals surface area contributed by atoms with Gasteiger partial charge >= 0.3 is 0 Å². The first-order valence-electron chi connectivity index (χ1n) is 5.83. The summed E-state index contributed by atoms with van der Waals surface area (Å²) in [4.78, 5) is 12.4. The van der Waals surface area contributed by atoms with Crippen LogP contribution in [0.25, 0.3) is 11.0 Å². The van der Waals surface area contributed by atoms with Gasteiger partial charge in [-0.25, -0.2) is 0 Å². The predicted molar refractivity (Wildman–Crippen MR) is 80.5 cm³/mol. The number of nitrogen functional groups attached to an aromatic ring is 1. The molecule has 3 aromatic rings. The number of hydrogen-bond acceptors (Lipinski definition) is 3. The normalized spacial score (nSPS) is 10.9. The third-order valence-corrected chi connectivity index (χ3v) is 3.34. The van der Waals surface area contributed by atoms with Crippen molar-refractivity contribution in [2.45, 2.75) is 0 Å². The minimum absolute atomic E-state index is 0.226. The number of carbonyl (C=O) groups is 1. The number of rotatable bonds is 2. The van der Waals surface area contributed by atoms with Gasteiger partial charge in [0, 0.05) is 26.7 Å². The molecule has 100 valence electrons. The molecule has 0 unspecified atom stereocenters. The van der Waals surface area contributed by atoms with Crippen molar-refractivity contribution in [3.05, 3.63) is 63.8 Å². The third-order valence-electron chi connectivity index (χ3n) is 2.88. The molecule has 0 saturated carbocycles. The summed E-state index contributed by atoms with van der Waals surface area (Å²) in [6.45, 7) is 0. The van der Waals surface area contributed by atoms with E-state index in [0.29, 0.717) is 26.9 Å². The molecule has 0 spiro atoms. The lowest BCUT2D eigenvalue weighted by molar-refractivity contribution is 0.101. The number of carbonyl (C=O) groups excluding carboxylic acids is 1. The highest BCUT2D eigenvalue weighted by molar-refractivity contribution is 6.32. The first-order valence-corrected chi connectivity index (χ1v) is 6.58. The zero-order chi connectivity index (χ0) is 14.3. The SMILES string of the molecule is Nc1cc(Cl)cc(C(=O)c2cc3cc(Cl)ccc3o2)c1. The molecule has 0 fully saturated rings. The summed E-state index contributed by atoms with van der Waals surface area (Å²) in [5.74, 6) is -0.0459. The van der Waals surface area contributed by atoms with E-state index in [2.05, 4.69) is 0 Å². The summed E-state index contributed by atoms with van der Waals surface area (Å²) >= 11 is 11.8. The Bertz CT molecular complexity index is 804. The topological polar surface area (TPSA) is 56.2 Å². The highest BCUT2D eigenvalue weighted by atomic mass is 35.5. The molecule has 5 heteroatoms. The van der Waals surface area contributed by atoms with Gasteiger partial charge in [0.25, 0.3) is 0 Å². The van der Waals surface area contributed by atoms with Crippen molar-refractivity contribution in [3.63, 3.8) is 0 Å². The molecule has 0 aliphatic carbocycles. The number of anilines is 1. The Labute approximate surface area is 124 Å². The summed E-state index contributed by atoms with van der Waals surface area (Å²) in [5.41, 5.74) is 7.11. The second-order valence-electron chi connectivity index (χ2n) is 4.40. The van der Waals surface area contributed by atoms with E-state index in [1.165, 1.54) is 0 Å². The summed E-state index contributed by atoms with van der Waals surface area (Å²) in [5, 5.41) is 1.77. The van der Waals surface area contributed by atoms with Gasteiger partial charge in [-0.2, -0.15) is 0 Å². The second-order valence-corrected chi connectivity index (χ2v) is 5.27. The number of nitrogens with two attached hydrogens (primary N) is 1. The van der Waals surface area contributed by atoms with Gasteiger partial charge < -0.3 is 10.2 Å². The van der Waals surface area contributed by atoms with E-state index < -0.39 is 0 Å². The van der Waals surface area contributed by atoms with Crippen LogP contribution in [0.15, 0.2) is 46.9 Å². The minimum Gasteiger partial charge on any atom is -0.453 e. The molecule has 0 radical (unpaired) electrons. The number of ketones is 1. The van der Waals surface area contributed by atoms with E-state index in [1.54, 1.807) is 42.5 Å². The number of halogens is 2. The molecular formula is C15H9Cl2NO2. The van der Waals surface area contributed by atoms with Gasteiger partial charge in [-0.15, -0.1) is 0 Å². The Kier molecular flexibility index (Phi) is 3.16. The fourth-order valence-electron chi connectivity index (χ4n) is 2.01. The van der Waals surface area contributed by atoms with Gasteiger partial charge in [0.05, 0.1) is 0 Å². The van der Waals surface area contributed by atoms with E-state index in [-0.39, 0.29) is 11.5 Å². The molecule has 0 saturated heterocycles. The lowest BCUT2D eigenvalue weighted by Gasteiger charge is -2.00. The lowest BCUT2D eigenvalue weighted by Crippen LogP contribution is -2.00. The number of furan rings is 1. The monoisotopic (exact) mass is 305 g/mol. The van der Waals surface area contributed by atoms with E-state index >= 15 is 0 Å². The Morgan fingerprint density at radius 1 is 1.00 bits per heavy atom. The van der Waals surface area contributed by atoms with Crippen molar-refractivity contribution >= 4 is 45.6 Å². The third kappa shape index (κ3) is 2.38. The van der Waals surface area contributed by atoms with Gasteiger partial charge in [0.15, 0.2) is 5.76 Å². The smallest absolute Gasteiger partial charge is 0.228 e. The van der Waals surface area contributed by atoms with Gasteiger partial charge in [0.1, 0.15) is 5.58 Å². The Balaban J connectivity index is 2.07. The van der Waals surface area contributed by atoms with Crippen molar-refractivity contribution in [2.75, 3.05) is 5.73 Å². The molecule has 3 rings (SSSR count). The van der Waals surface area contributed by atoms with Crippen LogP contribution in [0, 0.1) is 0 Å². The van der Waals surface area contributed by atoms with E-state index in [1.807, 2.05) is 0 Å². The largest absolute Gasteiger partial charge is 0.453 e. The molecular weight excluding hydrogens is 297 g/mol. The van der Waals surface area contributed by atoms with E-state index in [0.717, 1.165) is 5.39 Å².